The van der Waals surface area contributed by atoms with E-state index in [0.29, 0.717) is 6.54 Å². The van der Waals surface area contributed by atoms with Crippen molar-refractivity contribution in [2.45, 2.75) is 13.5 Å². The fourth-order valence-electron chi connectivity index (χ4n) is 1.92. The molecule has 1 N–H and O–H groups in total. The van der Waals surface area contributed by atoms with Gasteiger partial charge in [-0.1, -0.05) is 0 Å². The maximum absolute atomic E-state index is 11.2. The Hall–Kier alpha value is -1.98. The Morgan fingerprint density at radius 2 is 2.00 bits per heavy atom. The van der Waals surface area contributed by atoms with Gasteiger partial charge >= 0.3 is 0 Å². The van der Waals surface area contributed by atoms with E-state index in [1.165, 1.54) is 5.56 Å². The topological polar surface area (TPSA) is 42.0 Å². The number of hydrogen-bond donors (Lipinski definition) is 1. The van der Waals surface area contributed by atoms with Gasteiger partial charge in [0.25, 0.3) is 0 Å². The summed E-state index contributed by atoms with van der Waals surface area (Å²) < 4.78 is 0. The molecule has 0 aliphatic carbocycles. The van der Waals surface area contributed by atoms with Gasteiger partial charge in [-0.3, -0.25) is 4.79 Å². The molecule has 0 saturated carbocycles. The van der Waals surface area contributed by atoms with Crippen molar-refractivity contribution in [3.05, 3.63) is 57.7 Å². The van der Waals surface area contributed by atoms with Gasteiger partial charge < -0.3 is 5.32 Å². The maximum Gasteiger partial charge on any atom is 0.159 e. The number of thiophene rings is 1. The van der Waals surface area contributed by atoms with Crippen LogP contribution in [0, 0.1) is 0 Å². The Balaban J connectivity index is 1.64. The molecule has 0 unspecified atom stereocenters. The fourth-order valence-corrected chi connectivity index (χ4v) is 3.45. The van der Waals surface area contributed by atoms with E-state index in [-0.39, 0.29) is 5.78 Å². The average molecular weight is 314 g/mol. The van der Waals surface area contributed by atoms with Crippen molar-refractivity contribution in [2.75, 3.05) is 5.32 Å². The van der Waals surface area contributed by atoms with Gasteiger partial charge in [0.1, 0.15) is 5.01 Å². The molecule has 0 radical (unpaired) electrons. The Bertz CT molecular complexity index is 730. The monoisotopic (exact) mass is 314 g/mol. The molecule has 3 aromatic rings. The average Bonchev–Trinajstić information content (AvgIpc) is 3.16. The lowest BCUT2D eigenvalue weighted by atomic mass is 10.1. The minimum absolute atomic E-state index is 0.0847. The van der Waals surface area contributed by atoms with E-state index in [2.05, 4.69) is 32.5 Å². The summed E-state index contributed by atoms with van der Waals surface area (Å²) in [6, 6.07) is 9.60. The molecule has 0 atom stereocenters. The number of carbonyl (C=O) groups is 1. The molecule has 2 aromatic heterocycles. The van der Waals surface area contributed by atoms with Crippen LogP contribution in [0.15, 0.2) is 46.5 Å². The van der Waals surface area contributed by atoms with Crippen LogP contribution in [0.5, 0.6) is 0 Å². The number of nitrogens with zero attached hydrogens (tertiary/aromatic N) is 1. The third kappa shape index (κ3) is 3.37. The molecule has 0 amide bonds. The van der Waals surface area contributed by atoms with Crippen LogP contribution in [0.4, 0.5) is 5.69 Å². The first-order valence-corrected chi connectivity index (χ1v) is 8.36. The van der Waals surface area contributed by atoms with Gasteiger partial charge in [0.15, 0.2) is 5.78 Å². The van der Waals surface area contributed by atoms with Crippen molar-refractivity contribution < 1.29 is 4.79 Å². The Labute approximate surface area is 131 Å². The molecule has 5 heteroatoms. The van der Waals surface area contributed by atoms with Crippen molar-refractivity contribution in [3.63, 3.8) is 0 Å². The van der Waals surface area contributed by atoms with E-state index in [4.69, 9.17) is 0 Å². The quantitative estimate of drug-likeness (QED) is 0.695. The molecule has 106 valence electrons. The standard InChI is InChI=1S/C16H14N2OS2/c1-11(19)12-2-4-14(5-3-12)17-8-15-10-21-16(18-15)13-6-7-20-9-13/h2-7,9-10,17H,8H2,1H3. The van der Waals surface area contributed by atoms with Crippen LogP contribution in [0.3, 0.4) is 0 Å². The number of nitrogens with one attached hydrogen (secondary N) is 1. The molecular formula is C16H14N2OS2. The molecule has 0 bridgehead atoms. The minimum Gasteiger partial charge on any atom is -0.379 e. The summed E-state index contributed by atoms with van der Waals surface area (Å²) in [5.74, 6) is 0.0847. The van der Waals surface area contributed by atoms with Gasteiger partial charge in [0.2, 0.25) is 0 Å². The minimum atomic E-state index is 0.0847. The molecule has 0 saturated heterocycles. The Kier molecular flexibility index (Phi) is 4.13. The first-order valence-electron chi connectivity index (χ1n) is 6.54. The zero-order chi connectivity index (χ0) is 14.7. The van der Waals surface area contributed by atoms with Crippen LogP contribution in [0.25, 0.3) is 10.6 Å². The van der Waals surface area contributed by atoms with Crippen LogP contribution in [-0.2, 0) is 6.54 Å². The van der Waals surface area contributed by atoms with E-state index in [9.17, 15) is 4.79 Å². The van der Waals surface area contributed by atoms with Crippen LogP contribution in [-0.4, -0.2) is 10.8 Å². The number of benzene rings is 1. The molecule has 2 heterocycles. The van der Waals surface area contributed by atoms with Gasteiger partial charge in [-0.15, -0.1) is 11.3 Å². The second kappa shape index (κ2) is 6.20. The number of carbonyl (C=O) groups excluding carboxylic acids is 1. The third-order valence-electron chi connectivity index (χ3n) is 3.08. The molecule has 0 aliphatic heterocycles. The molecular weight excluding hydrogens is 300 g/mol. The van der Waals surface area contributed by atoms with E-state index >= 15 is 0 Å². The van der Waals surface area contributed by atoms with Gasteiger partial charge in [-0.2, -0.15) is 11.3 Å². The summed E-state index contributed by atoms with van der Waals surface area (Å²) in [6.45, 7) is 2.25. The van der Waals surface area contributed by atoms with E-state index < -0.39 is 0 Å². The maximum atomic E-state index is 11.2. The summed E-state index contributed by atoms with van der Waals surface area (Å²) in [7, 11) is 0. The first-order chi connectivity index (χ1) is 10.2. The lowest BCUT2D eigenvalue weighted by Gasteiger charge is -2.04. The highest BCUT2D eigenvalue weighted by Crippen LogP contribution is 2.26. The zero-order valence-corrected chi connectivity index (χ0v) is 13.1. The molecule has 3 nitrogen and oxygen atoms in total. The van der Waals surface area contributed by atoms with Crippen LogP contribution < -0.4 is 5.32 Å². The fraction of sp³-hybridized carbons (Fsp3) is 0.125. The number of aromatic nitrogens is 1. The lowest BCUT2D eigenvalue weighted by Crippen LogP contribution is -2.00. The predicted octanol–water partition coefficient (Wildman–Crippen LogP) is 4.69. The summed E-state index contributed by atoms with van der Waals surface area (Å²) in [5, 5.41) is 10.6. The van der Waals surface area contributed by atoms with Gasteiger partial charge in [0, 0.05) is 27.6 Å². The smallest absolute Gasteiger partial charge is 0.159 e. The van der Waals surface area contributed by atoms with Gasteiger partial charge in [-0.05, 0) is 42.6 Å². The van der Waals surface area contributed by atoms with Crippen LogP contribution in [0.2, 0.25) is 0 Å². The zero-order valence-electron chi connectivity index (χ0n) is 11.5. The van der Waals surface area contributed by atoms with Gasteiger partial charge in [-0.25, -0.2) is 4.98 Å². The first kappa shape index (κ1) is 14.0. The second-order valence-electron chi connectivity index (χ2n) is 4.64. The highest BCUT2D eigenvalue weighted by Gasteiger charge is 2.05. The van der Waals surface area contributed by atoms with E-state index in [0.717, 1.165) is 22.0 Å². The van der Waals surface area contributed by atoms with Crippen LogP contribution in [0.1, 0.15) is 23.0 Å². The van der Waals surface area contributed by atoms with E-state index in [1.807, 2.05) is 24.3 Å². The van der Waals surface area contributed by atoms with Crippen LogP contribution >= 0.6 is 22.7 Å². The largest absolute Gasteiger partial charge is 0.379 e. The highest BCUT2D eigenvalue weighted by atomic mass is 32.1. The molecule has 0 spiro atoms. The molecule has 1 aromatic carbocycles. The SMILES string of the molecule is CC(=O)c1ccc(NCc2csc(-c3ccsc3)n2)cc1. The second-order valence-corrected chi connectivity index (χ2v) is 6.28. The normalized spacial score (nSPS) is 10.5. The van der Waals surface area contributed by atoms with Crippen molar-refractivity contribution in [1.82, 2.24) is 4.98 Å². The highest BCUT2D eigenvalue weighted by molar-refractivity contribution is 7.14. The number of hydrogen-bond acceptors (Lipinski definition) is 5. The molecule has 3 rings (SSSR count). The number of ketones is 1. The number of thiazole rings is 1. The summed E-state index contributed by atoms with van der Waals surface area (Å²) in [4.78, 5) is 15.8. The summed E-state index contributed by atoms with van der Waals surface area (Å²) in [5.41, 5.74) is 3.93. The van der Waals surface area contributed by atoms with Gasteiger partial charge in [0.05, 0.1) is 12.2 Å². The summed E-state index contributed by atoms with van der Waals surface area (Å²) >= 11 is 3.34. The Morgan fingerprint density at radius 3 is 2.67 bits per heavy atom. The van der Waals surface area contributed by atoms with Crippen molar-refractivity contribution in [3.8, 4) is 10.6 Å². The van der Waals surface area contributed by atoms with Crippen molar-refractivity contribution >= 4 is 34.1 Å². The summed E-state index contributed by atoms with van der Waals surface area (Å²) in [6.07, 6.45) is 0. The number of anilines is 1. The van der Waals surface area contributed by atoms with Crippen molar-refractivity contribution in [1.29, 1.82) is 0 Å². The predicted molar refractivity (Wildman–Crippen MR) is 89.2 cm³/mol. The number of rotatable bonds is 5. The number of Topliss-reactive ketones (excluding diaryl/α,β-unsaturated/α-hetero) is 1. The Morgan fingerprint density at radius 1 is 1.19 bits per heavy atom. The molecule has 0 fully saturated rings. The molecule has 21 heavy (non-hydrogen) atoms. The van der Waals surface area contributed by atoms with Crippen molar-refractivity contribution in [2.24, 2.45) is 0 Å². The van der Waals surface area contributed by atoms with E-state index in [1.54, 1.807) is 29.6 Å². The lowest BCUT2D eigenvalue weighted by molar-refractivity contribution is 0.101. The third-order valence-corrected chi connectivity index (χ3v) is 4.71. The molecule has 0 aliphatic rings.